The van der Waals surface area contributed by atoms with Gasteiger partial charge in [0.2, 0.25) is 0 Å². The first-order valence-electron chi connectivity index (χ1n) is 6.91. The van der Waals surface area contributed by atoms with Gasteiger partial charge in [-0.1, -0.05) is 23.5 Å². The largest absolute Gasteiger partial charge is 0.298 e. The lowest BCUT2D eigenvalue weighted by Crippen LogP contribution is -2.15. The molecule has 1 aromatic heterocycles. The molecule has 0 aliphatic heterocycles. The molecule has 3 aromatic rings. The highest BCUT2D eigenvalue weighted by Gasteiger charge is 2.19. The van der Waals surface area contributed by atoms with Gasteiger partial charge >= 0.3 is 0 Å². The van der Waals surface area contributed by atoms with Gasteiger partial charge in [0.1, 0.15) is 0 Å². The summed E-state index contributed by atoms with van der Waals surface area (Å²) in [6, 6.07) is 10.0. The lowest BCUT2D eigenvalue weighted by atomic mass is 10.2. The average Bonchev–Trinajstić information content (AvgIpc) is 2.95. The highest BCUT2D eigenvalue weighted by Crippen LogP contribution is 2.29. The Hall–Kier alpha value is -2.85. The lowest BCUT2D eigenvalue weighted by molar-refractivity contribution is -0.384. The van der Waals surface area contributed by atoms with Gasteiger partial charge in [0, 0.05) is 18.4 Å². The van der Waals surface area contributed by atoms with Crippen molar-refractivity contribution in [1.29, 1.82) is 0 Å². The Kier molecular flexibility index (Phi) is 4.23. The zero-order valence-corrected chi connectivity index (χ0v) is 14.4. The minimum Gasteiger partial charge on any atom is -0.298 e. The molecule has 10 heteroatoms. The number of thiazole rings is 1. The van der Waals surface area contributed by atoms with Crippen molar-refractivity contribution in [3.05, 3.63) is 58.1 Å². The third-order valence-electron chi connectivity index (χ3n) is 3.33. The van der Waals surface area contributed by atoms with Gasteiger partial charge in [-0.2, -0.15) is 0 Å². The lowest BCUT2D eigenvalue weighted by Gasteiger charge is -2.06. The fraction of sp³-hybridized carbons (Fsp3) is 0.0667. The molecule has 0 unspecified atom stereocenters. The summed E-state index contributed by atoms with van der Waals surface area (Å²) in [7, 11) is -3.56. The maximum Gasteiger partial charge on any atom is 0.270 e. The Labute approximate surface area is 146 Å². The summed E-state index contributed by atoms with van der Waals surface area (Å²) in [6.45, 7) is 0. The second-order valence-corrected chi connectivity index (χ2v) is 8.17. The van der Waals surface area contributed by atoms with Crippen LogP contribution in [0, 0.1) is 10.1 Å². The average molecular weight is 377 g/mol. The number of nitro benzene ring substituents is 1. The first-order valence-corrected chi connectivity index (χ1v) is 9.62. The molecule has 0 saturated carbocycles. The molecule has 1 heterocycles. The van der Waals surface area contributed by atoms with E-state index >= 15 is 0 Å². The molecule has 0 aliphatic carbocycles. The van der Waals surface area contributed by atoms with Crippen molar-refractivity contribution in [2.24, 2.45) is 0 Å². The predicted molar refractivity (Wildman–Crippen MR) is 93.8 cm³/mol. The molecule has 25 heavy (non-hydrogen) atoms. The van der Waals surface area contributed by atoms with E-state index in [4.69, 9.17) is 0 Å². The summed E-state index contributed by atoms with van der Waals surface area (Å²) in [6.07, 6.45) is 1.02. The van der Waals surface area contributed by atoms with Crippen LogP contribution in [-0.4, -0.2) is 30.5 Å². The number of fused-ring (bicyclic) bond motifs is 1. The zero-order valence-electron chi connectivity index (χ0n) is 12.8. The monoisotopic (exact) mass is 377 g/mol. The van der Waals surface area contributed by atoms with Crippen molar-refractivity contribution < 1.29 is 18.1 Å². The number of anilines is 1. The van der Waals surface area contributed by atoms with Crippen molar-refractivity contribution in [1.82, 2.24) is 4.98 Å². The van der Waals surface area contributed by atoms with E-state index in [2.05, 4.69) is 10.3 Å². The number of aromatic nitrogens is 1. The first kappa shape index (κ1) is 17.0. The highest BCUT2D eigenvalue weighted by atomic mass is 32.2. The molecular weight excluding hydrogens is 366 g/mol. The molecule has 0 bridgehead atoms. The summed E-state index contributed by atoms with van der Waals surface area (Å²) in [5.41, 5.74) is 0.439. The summed E-state index contributed by atoms with van der Waals surface area (Å²) in [4.78, 5) is 26.8. The van der Waals surface area contributed by atoms with E-state index in [1.807, 2.05) is 0 Å². The van der Waals surface area contributed by atoms with E-state index in [9.17, 15) is 23.3 Å². The normalized spacial score (nSPS) is 11.4. The van der Waals surface area contributed by atoms with Crippen LogP contribution in [0.15, 0.2) is 47.4 Å². The molecule has 3 rings (SSSR count). The Morgan fingerprint density at radius 2 is 1.96 bits per heavy atom. The van der Waals surface area contributed by atoms with Gasteiger partial charge in [-0.3, -0.25) is 20.2 Å². The smallest absolute Gasteiger partial charge is 0.270 e. The van der Waals surface area contributed by atoms with Gasteiger partial charge < -0.3 is 0 Å². The number of nitrogens with zero attached hydrogens (tertiary/aromatic N) is 2. The Morgan fingerprint density at radius 3 is 2.64 bits per heavy atom. The van der Waals surface area contributed by atoms with Crippen molar-refractivity contribution in [3.63, 3.8) is 0 Å². The molecule has 8 nitrogen and oxygen atoms in total. The van der Waals surface area contributed by atoms with Crippen LogP contribution < -0.4 is 5.32 Å². The molecule has 0 aliphatic rings. The fourth-order valence-electron chi connectivity index (χ4n) is 2.22. The third-order valence-corrected chi connectivity index (χ3v) is 5.42. The summed E-state index contributed by atoms with van der Waals surface area (Å²) in [5, 5.41) is 13.6. The minimum absolute atomic E-state index is 0.00948. The molecular formula is C15H11N3O5S2. The molecule has 0 atom stereocenters. The van der Waals surface area contributed by atoms with E-state index < -0.39 is 20.7 Å². The van der Waals surface area contributed by atoms with Crippen LogP contribution >= 0.6 is 11.3 Å². The number of benzene rings is 2. The number of nitro groups is 1. The van der Waals surface area contributed by atoms with Crippen molar-refractivity contribution in [2.75, 3.05) is 11.6 Å². The van der Waals surface area contributed by atoms with Crippen molar-refractivity contribution >= 4 is 48.1 Å². The van der Waals surface area contributed by atoms with Gasteiger partial charge in [-0.15, -0.1) is 0 Å². The minimum atomic E-state index is -3.56. The second-order valence-electron chi connectivity index (χ2n) is 5.15. The van der Waals surface area contributed by atoms with E-state index in [0.717, 1.165) is 17.6 Å². The molecule has 1 N–H and O–H groups in total. The van der Waals surface area contributed by atoms with Crippen LogP contribution in [0.2, 0.25) is 0 Å². The van der Waals surface area contributed by atoms with Crippen LogP contribution in [0.1, 0.15) is 10.4 Å². The number of hydrogen-bond donors (Lipinski definition) is 1. The third kappa shape index (κ3) is 3.49. The van der Waals surface area contributed by atoms with Crippen LogP contribution in [0.3, 0.4) is 0 Å². The standard InChI is InChI=1S/C15H11N3O5S2/c1-25(22,23)13-5-3-2-4-10(13)14(19)17-15-16-11-7-6-9(18(20)21)8-12(11)24-15/h2-8H,1H3,(H,16,17,19). The van der Waals surface area contributed by atoms with Gasteiger partial charge in [-0.25, -0.2) is 13.4 Å². The number of hydrogen-bond acceptors (Lipinski definition) is 7. The quantitative estimate of drug-likeness (QED) is 0.551. The Bertz CT molecular complexity index is 1110. The maximum absolute atomic E-state index is 12.4. The van der Waals surface area contributed by atoms with Gasteiger partial charge in [0.25, 0.3) is 11.6 Å². The number of amides is 1. The molecule has 1 amide bonds. The van der Waals surface area contributed by atoms with E-state index in [1.165, 1.54) is 36.4 Å². The van der Waals surface area contributed by atoms with Crippen LogP contribution in [0.4, 0.5) is 10.8 Å². The van der Waals surface area contributed by atoms with Crippen molar-refractivity contribution in [3.8, 4) is 0 Å². The fourth-order valence-corrected chi connectivity index (χ4v) is 4.00. The van der Waals surface area contributed by atoms with Crippen LogP contribution in [0.25, 0.3) is 10.2 Å². The predicted octanol–water partition coefficient (Wildman–Crippen LogP) is 2.86. The van der Waals surface area contributed by atoms with Crippen LogP contribution in [0.5, 0.6) is 0 Å². The number of non-ortho nitro benzene ring substituents is 1. The number of carbonyl (C=O) groups is 1. The number of rotatable bonds is 4. The number of sulfone groups is 1. The van der Waals surface area contributed by atoms with E-state index in [-0.39, 0.29) is 21.3 Å². The number of nitrogens with one attached hydrogen (secondary N) is 1. The maximum atomic E-state index is 12.4. The molecule has 0 fully saturated rings. The Balaban J connectivity index is 1.94. The van der Waals surface area contributed by atoms with Gasteiger partial charge in [0.05, 0.1) is 25.6 Å². The highest BCUT2D eigenvalue weighted by molar-refractivity contribution is 7.90. The van der Waals surface area contributed by atoms with Crippen LogP contribution in [-0.2, 0) is 9.84 Å². The summed E-state index contributed by atoms with van der Waals surface area (Å²) < 4.78 is 24.1. The van der Waals surface area contributed by atoms with E-state index in [0.29, 0.717) is 10.2 Å². The second kappa shape index (κ2) is 6.22. The molecule has 0 saturated heterocycles. The first-order chi connectivity index (χ1) is 11.8. The summed E-state index contributed by atoms with van der Waals surface area (Å²) in [5.74, 6) is -0.616. The molecule has 0 radical (unpaired) electrons. The zero-order chi connectivity index (χ0) is 18.2. The SMILES string of the molecule is CS(=O)(=O)c1ccccc1C(=O)Nc1nc2ccc([N+](=O)[O-])cc2s1. The van der Waals surface area contributed by atoms with Gasteiger partial charge in [0.15, 0.2) is 15.0 Å². The number of carbonyl (C=O) groups excluding carboxylic acids is 1. The molecule has 128 valence electrons. The molecule has 2 aromatic carbocycles. The summed E-state index contributed by atoms with van der Waals surface area (Å²) >= 11 is 1.07. The van der Waals surface area contributed by atoms with Gasteiger partial charge in [-0.05, 0) is 18.2 Å². The Morgan fingerprint density at radius 1 is 1.24 bits per heavy atom. The van der Waals surface area contributed by atoms with Crippen molar-refractivity contribution in [2.45, 2.75) is 4.90 Å². The topological polar surface area (TPSA) is 119 Å². The van der Waals surface area contributed by atoms with E-state index in [1.54, 1.807) is 6.07 Å². The molecule has 0 spiro atoms.